The zero-order valence-electron chi connectivity index (χ0n) is 26.9. The number of aliphatic hydroxyl groups excluding tert-OH is 2. The van der Waals surface area contributed by atoms with Crippen LogP contribution in [0.4, 0.5) is 0 Å². The largest absolute Gasteiger partial charge is 0.394 e. The van der Waals surface area contributed by atoms with Gasteiger partial charge >= 0.3 is 0 Å². The molecule has 0 saturated carbocycles. The maximum absolute atomic E-state index is 12.3. The van der Waals surface area contributed by atoms with E-state index in [1.54, 1.807) is 0 Å². The summed E-state index contributed by atoms with van der Waals surface area (Å²) >= 11 is 0. The number of nitrogens with one attached hydrogen (secondary N) is 1. The third kappa shape index (κ3) is 28.4. The number of hydrogen-bond donors (Lipinski definition) is 3. The van der Waals surface area contributed by atoms with E-state index in [0.717, 1.165) is 38.5 Å². The van der Waals surface area contributed by atoms with Crippen LogP contribution >= 0.6 is 0 Å². The Hall–Kier alpha value is -1.13. The third-order valence-electron chi connectivity index (χ3n) is 7.99. The van der Waals surface area contributed by atoms with Crippen molar-refractivity contribution in [3.63, 3.8) is 0 Å². The van der Waals surface area contributed by atoms with Gasteiger partial charge in [-0.3, -0.25) is 4.79 Å². The Morgan fingerprint density at radius 1 is 0.600 bits per heavy atom. The van der Waals surface area contributed by atoms with E-state index in [1.165, 1.54) is 116 Å². The molecule has 0 aromatic carbocycles. The highest BCUT2D eigenvalue weighted by Gasteiger charge is 2.19. The van der Waals surface area contributed by atoms with Crippen LogP contribution in [0.5, 0.6) is 0 Å². The molecule has 0 radical (unpaired) electrons. The summed E-state index contributed by atoms with van der Waals surface area (Å²) in [5.41, 5.74) is 0. The van der Waals surface area contributed by atoms with Crippen LogP contribution in [0.25, 0.3) is 0 Å². The van der Waals surface area contributed by atoms with Crippen LogP contribution in [-0.2, 0) is 4.79 Å². The quantitative estimate of drug-likeness (QED) is 0.0580. The average Bonchev–Trinajstić information content (AvgIpc) is 2.96. The molecule has 0 heterocycles. The standard InChI is InChI=1S/C36H69NO3/c1-3-5-7-9-11-13-15-17-18-20-22-24-26-28-30-32-36(40)37-34(33-38)35(39)31-29-27-25-23-21-19-16-14-12-10-8-6-4-2/h13,15,17-18,34-35,38-39H,3-12,14,16,19-33H2,1-2H3,(H,37,40)/b15-13+,18-17+/t34-,35+/m0/s1. The van der Waals surface area contributed by atoms with Crippen molar-refractivity contribution < 1.29 is 15.0 Å². The molecule has 0 rings (SSSR count). The second-order valence-electron chi connectivity index (χ2n) is 12.0. The van der Waals surface area contributed by atoms with E-state index in [-0.39, 0.29) is 12.5 Å². The van der Waals surface area contributed by atoms with E-state index in [1.807, 2.05) is 0 Å². The number of rotatable bonds is 31. The van der Waals surface area contributed by atoms with Gasteiger partial charge in [0.2, 0.25) is 5.91 Å². The number of allylic oxidation sites excluding steroid dienone is 4. The van der Waals surface area contributed by atoms with Crippen LogP contribution in [0.3, 0.4) is 0 Å². The van der Waals surface area contributed by atoms with E-state index >= 15 is 0 Å². The van der Waals surface area contributed by atoms with E-state index < -0.39 is 12.1 Å². The molecule has 0 fully saturated rings. The fourth-order valence-corrected chi connectivity index (χ4v) is 5.23. The molecule has 0 aliphatic carbocycles. The second-order valence-corrected chi connectivity index (χ2v) is 12.0. The van der Waals surface area contributed by atoms with Crippen molar-refractivity contribution in [2.45, 2.75) is 193 Å². The van der Waals surface area contributed by atoms with E-state index in [0.29, 0.717) is 12.8 Å². The van der Waals surface area contributed by atoms with Crippen LogP contribution < -0.4 is 5.32 Å². The molecule has 4 nitrogen and oxygen atoms in total. The maximum Gasteiger partial charge on any atom is 0.220 e. The van der Waals surface area contributed by atoms with E-state index in [4.69, 9.17) is 0 Å². The predicted octanol–water partition coefficient (Wildman–Crippen LogP) is 10.1. The van der Waals surface area contributed by atoms with Gasteiger partial charge in [-0.15, -0.1) is 0 Å². The minimum Gasteiger partial charge on any atom is -0.394 e. The lowest BCUT2D eigenvalue weighted by molar-refractivity contribution is -0.123. The molecule has 0 aliphatic rings. The van der Waals surface area contributed by atoms with Gasteiger partial charge in [0.1, 0.15) is 0 Å². The van der Waals surface area contributed by atoms with Crippen LogP contribution in [0, 0.1) is 0 Å². The zero-order valence-corrected chi connectivity index (χ0v) is 26.9. The van der Waals surface area contributed by atoms with Gasteiger partial charge in [0.05, 0.1) is 18.8 Å². The number of hydrogen-bond acceptors (Lipinski definition) is 3. The van der Waals surface area contributed by atoms with Crippen molar-refractivity contribution in [1.82, 2.24) is 5.32 Å². The third-order valence-corrected chi connectivity index (χ3v) is 7.99. The SMILES string of the molecule is CCCCCC/C=C/C=C/CCCCCCCC(=O)N[C@@H](CO)[C@H](O)CCCCCCCCCCCCCCC. The molecule has 0 spiro atoms. The molecule has 0 aliphatic heterocycles. The Balaban J connectivity index is 3.62. The Kier molecular flexibility index (Phi) is 31.5. The highest BCUT2D eigenvalue weighted by Crippen LogP contribution is 2.14. The van der Waals surface area contributed by atoms with Crippen LogP contribution in [-0.4, -0.2) is 34.9 Å². The van der Waals surface area contributed by atoms with Gasteiger partial charge in [-0.05, 0) is 38.5 Å². The molecule has 1 amide bonds. The maximum atomic E-state index is 12.3. The van der Waals surface area contributed by atoms with Crippen molar-refractivity contribution in [1.29, 1.82) is 0 Å². The van der Waals surface area contributed by atoms with Gasteiger partial charge < -0.3 is 15.5 Å². The lowest BCUT2D eigenvalue weighted by Gasteiger charge is -2.22. The van der Waals surface area contributed by atoms with Crippen LogP contribution in [0.2, 0.25) is 0 Å². The van der Waals surface area contributed by atoms with Gasteiger partial charge in [0.25, 0.3) is 0 Å². The molecular formula is C36H69NO3. The first kappa shape index (κ1) is 38.9. The molecule has 0 aromatic heterocycles. The minimum atomic E-state index is -0.661. The highest BCUT2D eigenvalue weighted by molar-refractivity contribution is 5.76. The monoisotopic (exact) mass is 564 g/mol. The summed E-state index contributed by atoms with van der Waals surface area (Å²) in [7, 11) is 0. The number of unbranched alkanes of at least 4 members (excludes halogenated alkanes) is 21. The van der Waals surface area contributed by atoms with Gasteiger partial charge in [0.15, 0.2) is 0 Å². The summed E-state index contributed by atoms with van der Waals surface area (Å²) in [5, 5.41) is 23.0. The van der Waals surface area contributed by atoms with Gasteiger partial charge in [-0.1, -0.05) is 160 Å². The molecule has 0 bridgehead atoms. The van der Waals surface area contributed by atoms with Crippen molar-refractivity contribution in [3.05, 3.63) is 24.3 Å². The van der Waals surface area contributed by atoms with Crippen molar-refractivity contribution >= 4 is 5.91 Å². The average molecular weight is 564 g/mol. The molecule has 0 unspecified atom stereocenters. The van der Waals surface area contributed by atoms with Gasteiger partial charge in [0, 0.05) is 6.42 Å². The van der Waals surface area contributed by atoms with Crippen molar-refractivity contribution in [3.8, 4) is 0 Å². The summed E-state index contributed by atoms with van der Waals surface area (Å²) in [6.07, 6.45) is 39.3. The summed E-state index contributed by atoms with van der Waals surface area (Å²) in [4.78, 5) is 12.3. The molecule has 3 N–H and O–H groups in total. The second kappa shape index (κ2) is 32.4. The Bertz CT molecular complexity index is 574. The fourth-order valence-electron chi connectivity index (χ4n) is 5.23. The van der Waals surface area contributed by atoms with E-state index in [9.17, 15) is 15.0 Å². The van der Waals surface area contributed by atoms with Gasteiger partial charge in [-0.25, -0.2) is 0 Å². The Labute approximate surface area is 249 Å². The molecule has 2 atom stereocenters. The summed E-state index contributed by atoms with van der Waals surface area (Å²) in [6.45, 7) is 4.31. The first-order chi connectivity index (χ1) is 19.7. The first-order valence-corrected chi connectivity index (χ1v) is 17.6. The number of aliphatic hydroxyl groups is 2. The normalized spacial score (nSPS) is 13.4. The molecular weight excluding hydrogens is 494 g/mol. The molecule has 0 saturated heterocycles. The van der Waals surface area contributed by atoms with Crippen LogP contribution in [0.1, 0.15) is 181 Å². The smallest absolute Gasteiger partial charge is 0.220 e. The predicted molar refractivity (Wildman–Crippen MR) is 175 cm³/mol. The first-order valence-electron chi connectivity index (χ1n) is 17.6. The summed E-state index contributed by atoms with van der Waals surface area (Å²) in [5.74, 6) is -0.0483. The highest BCUT2D eigenvalue weighted by atomic mass is 16.3. The molecule has 236 valence electrons. The minimum absolute atomic E-state index is 0.0483. The number of carbonyl (C=O) groups is 1. The lowest BCUT2D eigenvalue weighted by atomic mass is 10.0. The summed E-state index contributed by atoms with van der Waals surface area (Å²) in [6, 6.07) is -0.540. The summed E-state index contributed by atoms with van der Waals surface area (Å²) < 4.78 is 0. The molecule has 4 heteroatoms. The van der Waals surface area contributed by atoms with Crippen LogP contribution in [0.15, 0.2) is 24.3 Å². The molecule has 40 heavy (non-hydrogen) atoms. The van der Waals surface area contributed by atoms with E-state index in [2.05, 4.69) is 43.5 Å². The Morgan fingerprint density at radius 3 is 1.48 bits per heavy atom. The Morgan fingerprint density at radius 2 is 1.00 bits per heavy atom. The van der Waals surface area contributed by atoms with Gasteiger partial charge in [-0.2, -0.15) is 0 Å². The zero-order chi connectivity index (χ0) is 29.4. The van der Waals surface area contributed by atoms with Crippen molar-refractivity contribution in [2.24, 2.45) is 0 Å². The number of amides is 1. The fraction of sp³-hybridized carbons (Fsp3) is 0.861. The number of carbonyl (C=O) groups excluding carboxylic acids is 1. The molecule has 0 aromatic rings. The topological polar surface area (TPSA) is 69.6 Å². The lowest BCUT2D eigenvalue weighted by Crippen LogP contribution is -2.45. The van der Waals surface area contributed by atoms with Crippen molar-refractivity contribution in [2.75, 3.05) is 6.61 Å².